The van der Waals surface area contributed by atoms with Gasteiger partial charge in [0, 0.05) is 67.8 Å². The zero-order valence-corrected chi connectivity index (χ0v) is 20.0. The van der Waals surface area contributed by atoms with Gasteiger partial charge in [-0.05, 0) is 23.8 Å². The van der Waals surface area contributed by atoms with Crippen molar-refractivity contribution in [2.45, 2.75) is 19.5 Å². The number of aromatic nitrogens is 9. The summed E-state index contributed by atoms with van der Waals surface area (Å²) in [5, 5.41) is 7.49. The lowest BCUT2D eigenvalue weighted by molar-refractivity contribution is 0.243. The molecule has 11 nitrogen and oxygen atoms in total. The molecule has 0 saturated heterocycles. The summed E-state index contributed by atoms with van der Waals surface area (Å²) in [6, 6.07) is 7.84. The average molecular weight is 496 g/mol. The molecule has 0 unspecified atom stereocenters. The Labute approximate surface area is 209 Å². The molecule has 0 spiro atoms. The minimum absolute atomic E-state index is 0.265. The van der Waals surface area contributed by atoms with Crippen LogP contribution in [0.5, 0.6) is 0 Å². The lowest BCUT2D eigenvalue weighted by Gasteiger charge is -2.28. The van der Waals surface area contributed by atoms with Gasteiger partial charge in [-0.25, -0.2) is 15.0 Å². The monoisotopic (exact) mass is 495 g/mol. The van der Waals surface area contributed by atoms with E-state index in [1.807, 2.05) is 40.5 Å². The summed E-state index contributed by atoms with van der Waals surface area (Å²) in [6.45, 7) is 3.40. The summed E-state index contributed by atoms with van der Waals surface area (Å²) in [5.74, 6) is 0.755. The molecule has 0 aliphatic carbocycles. The van der Waals surface area contributed by atoms with Crippen LogP contribution in [-0.4, -0.2) is 62.1 Å². The fourth-order valence-corrected chi connectivity index (χ4v) is 5.23. The topological polar surface area (TPSA) is 129 Å². The predicted octanol–water partition coefficient (Wildman–Crippen LogP) is 2.70. The van der Waals surface area contributed by atoms with E-state index in [1.165, 1.54) is 15.8 Å². The molecule has 1 aliphatic rings. The van der Waals surface area contributed by atoms with Crippen molar-refractivity contribution in [2.24, 2.45) is 0 Å². The van der Waals surface area contributed by atoms with Gasteiger partial charge in [-0.3, -0.25) is 14.9 Å². The number of anilines is 1. The molecular weight excluding hydrogens is 474 g/mol. The van der Waals surface area contributed by atoms with E-state index in [-0.39, 0.29) is 5.95 Å². The standard InChI is InChI=1S/C24H21N11S/c25-24-31-21-19(22-30-20(32-35(22)24)18-3-1-2-5-26-18)29-14-34(21)9-8-33-7-4-17-16(13-33)11-15(12-28-17)23-27-6-10-36-23/h1-3,5-6,10-12,14H,4,7-9,13H2,(H2,25,31). The maximum absolute atomic E-state index is 6.25. The first-order valence-electron chi connectivity index (χ1n) is 11.6. The zero-order valence-electron chi connectivity index (χ0n) is 19.2. The first-order valence-corrected chi connectivity index (χ1v) is 12.5. The number of nitrogens with two attached hydrogens (primary N) is 1. The first-order chi connectivity index (χ1) is 17.7. The van der Waals surface area contributed by atoms with Crippen molar-refractivity contribution in [3.8, 4) is 22.1 Å². The summed E-state index contributed by atoms with van der Waals surface area (Å²) in [7, 11) is 0. The molecule has 0 amide bonds. The van der Waals surface area contributed by atoms with Crippen molar-refractivity contribution in [3.63, 3.8) is 0 Å². The smallest absolute Gasteiger partial charge is 0.225 e. The summed E-state index contributed by atoms with van der Waals surface area (Å²) in [6.07, 6.45) is 8.20. The van der Waals surface area contributed by atoms with Crippen LogP contribution in [0.15, 0.2) is 54.6 Å². The Bertz CT molecular complexity index is 1690. The molecule has 7 heterocycles. The highest BCUT2D eigenvalue weighted by Crippen LogP contribution is 2.26. The first kappa shape index (κ1) is 21.0. The van der Waals surface area contributed by atoms with Gasteiger partial charge in [-0.1, -0.05) is 6.07 Å². The maximum atomic E-state index is 6.25. The molecule has 7 rings (SSSR count). The Morgan fingerprint density at radius 2 is 1.97 bits per heavy atom. The molecule has 0 aromatic carbocycles. The zero-order chi connectivity index (χ0) is 24.1. The number of fused-ring (bicyclic) bond motifs is 4. The molecule has 1 aliphatic heterocycles. The van der Waals surface area contributed by atoms with E-state index in [9.17, 15) is 0 Å². The number of imidazole rings is 1. The summed E-state index contributed by atoms with van der Waals surface area (Å²) in [5.41, 5.74) is 12.4. The Morgan fingerprint density at radius 1 is 1.00 bits per heavy atom. The largest absolute Gasteiger partial charge is 0.368 e. The highest BCUT2D eigenvalue weighted by atomic mass is 32.1. The molecule has 0 fully saturated rings. The average Bonchev–Trinajstić information content (AvgIpc) is 3.68. The third-order valence-corrected chi connectivity index (χ3v) is 7.24. The molecule has 6 aromatic rings. The molecule has 12 heteroatoms. The molecule has 0 radical (unpaired) electrons. The van der Waals surface area contributed by atoms with Gasteiger partial charge in [0.25, 0.3) is 0 Å². The highest BCUT2D eigenvalue weighted by molar-refractivity contribution is 7.13. The number of hydrogen-bond acceptors (Lipinski definition) is 10. The molecule has 2 N–H and O–H groups in total. The minimum Gasteiger partial charge on any atom is -0.368 e. The fraction of sp³-hybridized carbons (Fsp3) is 0.208. The van der Waals surface area contributed by atoms with Crippen LogP contribution in [0.1, 0.15) is 11.3 Å². The normalized spacial score (nSPS) is 14.0. The van der Waals surface area contributed by atoms with Crippen molar-refractivity contribution in [1.82, 2.24) is 49.0 Å². The van der Waals surface area contributed by atoms with Crippen molar-refractivity contribution in [3.05, 3.63) is 65.8 Å². The van der Waals surface area contributed by atoms with E-state index in [2.05, 4.69) is 41.0 Å². The second kappa shape index (κ2) is 8.43. The highest BCUT2D eigenvalue weighted by Gasteiger charge is 2.20. The lowest BCUT2D eigenvalue weighted by Crippen LogP contribution is -2.33. The van der Waals surface area contributed by atoms with E-state index >= 15 is 0 Å². The van der Waals surface area contributed by atoms with Gasteiger partial charge < -0.3 is 10.3 Å². The van der Waals surface area contributed by atoms with Crippen LogP contribution >= 0.6 is 11.3 Å². The molecule has 0 atom stereocenters. The van der Waals surface area contributed by atoms with Crippen LogP contribution in [0, 0.1) is 0 Å². The summed E-state index contributed by atoms with van der Waals surface area (Å²) >= 11 is 1.63. The van der Waals surface area contributed by atoms with E-state index in [4.69, 9.17) is 10.7 Å². The maximum Gasteiger partial charge on any atom is 0.225 e. The lowest BCUT2D eigenvalue weighted by atomic mass is 10.0. The number of rotatable bonds is 5. The predicted molar refractivity (Wildman–Crippen MR) is 136 cm³/mol. The molecule has 6 aromatic heterocycles. The third-order valence-electron chi connectivity index (χ3n) is 6.42. The number of pyridine rings is 2. The Morgan fingerprint density at radius 3 is 2.83 bits per heavy atom. The molecule has 0 saturated carbocycles. The third kappa shape index (κ3) is 3.58. The van der Waals surface area contributed by atoms with E-state index in [1.54, 1.807) is 23.9 Å². The van der Waals surface area contributed by atoms with E-state index < -0.39 is 0 Å². The minimum atomic E-state index is 0.265. The summed E-state index contributed by atoms with van der Waals surface area (Å²) < 4.78 is 3.55. The van der Waals surface area contributed by atoms with Gasteiger partial charge in [0.2, 0.25) is 11.8 Å². The van der Waals surface area contributed by atoms with E-state index in [0.29, 0.717) is 28.3 Å². The number of nitrogen functional groups attached to an aromatic ring is 1. The van der Waals surface area contributed by atoms with Gasteiger partial charge in [0.1, 0.15) is 10.7 Å². The SMILES string of the molecule is Nc1nc2c(ncn2CCN2CCc3ncc(-c4nccs4)cc3C2)c2nc(-c3ccccn3)nn12. The Hall–Kier alpha value is -4.29. The molecule has 178 valence electrons. The van der Waals surface area contributed by atoms with E-state index in [0.717, 1.165) is 43.2 Å². The van der Waals surface area contributed by atoms with Crippen molar-refractivity contribution < 1.29 is 0 Å². The van der Waals surface area contributed by atoms with Crippen LogP contribution in [0.25, 0.3) is 38.9 Å². The van der Waals surface area contributed by atoms with Gasteiger partial charge in [0.15, 0.2) is 16.8 Å². The second-order valence-corrected chi connectivity index (χ2v) is 9.55. The Kier molecular flexibility index (Phi) is 4.92. The van der Waals surface area contributed by atoms with Gasteiger partial charge in [-0.15, -0.1) is 16.4 Å². The van der Waals surface area contributed by atoms with Crippen LogP contribution in [0.4, 0.5) is 5.95 Å². The van der Waals surface area contributed by atoms with Crippen molar-refractivity contribution in [1.29, 1.82) is 0 Å². The number of nitrogens with zero attached hydrogens (tertiary/aromatic N) is 10. The van der Waals surface area contributed by atoms with Crippen molar-refractivity contribution in [2.75, 3.05) is 18.8 Å². The molecule has 0 bridgehead atoms. The quantitative estimate of drug-likeness (QED) is 0.384. The van der Waals surface area contributed by atoms with Crippen LogP contribution < -0.4 is 5.73 Å². The van der Waals surface area contributed by atoms with Crippen LogP contribution in [0.2, 0.25) is 0 Å². The molecule has 36 heavy (non-hydrogen) atoms. The van der Waals surface area contributed by atoms with Gasteiger partial charge >= 0.3 is 0 Å². The van der Waals surface area contributed by atoms with Crippen LogP contribution in [-0.2, 0) is 19.5 Å². The van der Waals surface area contributed by atoms with Gasteiger partial charge in [0.05, 0.1) is 6.33 Å². The number of hydrogen-bond donors (Lipinski definition) is 1. The van der Waals surface area contributed by atoms with Crippen molar-refractivity contribution >= 4 is 34.1 Å². The second-order valence-electron chi connectivity index (χ2n) is 8.66. The summed E-state index contributed by atoms with van der Waals surface area (Å²) in [4.78, 5) is 29.8. The Balaban J connectivity index is 1.14. The van der Waals surface area contributed by atoms with Crippen LogP contribution in [0.3, 0.4) is 0 Å². The van der Waals surface area contributed by atoms with Gasteiger partial charge in [-0.2, -0.15) is 9.50 Å². The molecular formula is C24H21N11S. The number of thiazole rings is 1. The fourth-order valence-electron chi connectivity index (χ4n) is 4.61.